The lowest BCUT2D eigenvalue weighted by atomic mass is 10.1. The van der Waals surface area contributed by atoms with Gasteiger partial charge in [0.05, 0.1) is 0 Å². The number of para-hydroxylation sites is 1. The van der Waals surface area contributed by atoms with Crippen LogP contribution in [0.1, 0.15) is 37.8 Å². The van der Waals surface area contributed by atoms with Crippen LogP contribution in [0.4, 0.5) is 0 Å². The number of hydrogen-bond acceptors (Lipinski definition) is 3. The number of aromatic hydroxyl groups is 1. The van der Waals surface area contributed by atoms with E-state index in [-0.39, 0.29) is 5.75 Å². The first-order chi connectivity index (χ1) is 8.16. The summed E-state index contributed by atoms with van der Waals surface area (Å²) in [5, 5.41) is 21.7. The third-order valence-corrected chi connectivity index (χ3v) is 2.62. The predicted molar refractivity (Wildman–Crippen MR) is 66.0 cm³/mol. The monoisotopic (exact) mass is 237 g/mol. The van der Waals surface area contributed by atoms with E-state index in [0.717, 1.165) is 19.3 Å². The molecule has 1 aromatic rings. The molecule has 0 bridgehead atoms. The molecule has 0 aliphatic carbocycles. The fourth-order valence-corrected chi connectivity index (χ4v) is 1.68. The Morgan fingerprint density at radius 3 is 2.65 bits per heavy atom. The standard InChI is InChI=1S/C13H19NO3/c1-2-3-6-9-14-12(13(16)17)10-7-4-5-8-11(10)15/h4-5,7-8,12,14-15H,2-3,6,9H2,1H3,(H,16,17). The van der Waals surface area contributed by atoms with Crippen molar-refractivity contribution >= 4 is 5.97 Å². The number of carboxylic acids is 1. The molecule has 1 unspecified atom stereocenters. The molecule has 0 radical (unpaired) electrons. The molecule has 0 aromatic heterocycles. The number of unbranched alkanes of at least 4 members (excludes halogenated alkanes) is 2. The van der Waals surface area contributed by atoms with Gasteiger partial charge in [-0.1, -0.05) is 38.0 Å². The van der Waals surface area contributed by atoms with Crippen LogP contribution in [0.5, 0.6) is 5.75 Å². The molecule has 94 valence electrons. The van der Waals surface area contributed by atoms with Crippen LogP contribution in [0.2, 0.25) is 0 Å². The lowest BCUT2D eigenvalue weighted by Crippen LogP contribution is -2.29. The van der Waals surface area contributed by atoms with Crippen LogP contribution in [0, 0.1) is 0 Å². The smallest absolute Gasteiger partial charge is 0.325 e. The summed E-state index contributed by atoms with van der Waals surface area (Å²) in [5.74, 6) is -0.953. The lowest BCUT2D eigenvalue weighted by molar-refractivity contribution is -0.139. The quantitative estimate of drug-likeness (QED) is 0.636. The van der Waals surface area contributed by atoms with E-state index in [4.69, 9.17) is 5.11 Å². The number of carboxylic acid groups (broad SMARTS) is 1. The van der Waals surface area contributed by atoms with E-state index in [2.05, 4.69) is 12.2 Å². The van der Waals surface area contributed by atoms with Crippen LogP contribution < -0.4 is 5.32 Å². The summed E-state index contributed by atoms with van der Waals surface area (Å²) >= 11 is 0. The van der Waals surface area contributed by atoms with E-state index in [1.54, 1.807) is 18.2 Å². The number of nitrogens with one attached hydrogen (secondary N) is 1. The van der Waals surface area contributed by atoms with Gasteiger partial charge in [-0.05, 0) is 19.0 Å². The maximum absolute atomic E-state index is 11.1. The number of rotatable bonds is 7. The first-order valence-electron chi connectivity index (χ1n) is 5.91. The van der Waals surface area contributed by atoms with Crippen molar-refractivity contribution in [1.82, 2.24) is 5.32 Å². The van der Waals surface area contributed by atoms with Crippen molar-refractivity contribution in [3.8, 4) is 5.75 Å². The molecule has 0 aliphatic heterocycles. The van der Waals surface area contributed by atoms with Crippen molar-refractivity contribution in [1.29, 1.82) is 0 Å². The number of benzene rings is 1. The number of hydrogen-bond donors (Lipinski definition) is 3. The van der Waals surface area contributed by atoms with Gasteiger partial charge < -0.3 is 15.5 Å². The third-order valence-electron chi connectivity index (χ3n) is 2.62. The van der Waals surface area contributed by atoms with Crippen molar-refractivity contribution in [3.05, 3.63) is 29.8 Å². The Hall–Kier alpha value is -1.55. The molecule has 1 aromatic carbocycles. The first-order valence-corrected chi connectivity index (χ1v) is 5.91. The van der Waals surface area contributed by atoms with Crippen molar-refractivity contribution in [2.24, 2.45) is 0 Å². The van der Waals surface area contributed by atoms with Crippen LogP contribution in [0.15, 0.2) is 24.3 Å². The molecule has 1 rings (SSSR count). The number of phenolic OH excluding ortho intramolecular Hbond substituents is 1. The van der Waals surface area contributed by atoms with E-state index in [9.17, 15) is 9.90 Å². The van der Waals surface area contributed by atoms with Gasteiger partial charge in [0.1, 0.15) is 11.8 Å². The minimum atomic E-state index is -0.969. The van der Waals surface area contributed by atoms with Gasteiger partial charge in [-0.2, -0.15) is 0 Å². The van der Waals surface area contributed by atoms with Gasteiger partial charge in [-0.25, -0.2) is 0 Å². The fraction of sp³-hybridized carbons (Fsp3) is 0.462. The SMILES string of the molecule is CCCCCNC(C(=O)O)c1ccccc1O. The fourth-order valence-electron chi connectivity index (χ4n) is 1.68. The zero-order valence-electron chi connectivity index (χ0n) is 10.0. The van der Waals surface area contributed by atoms with Crippen molar-refractivity contribution in [3.63, 3.8) is 0 Å². The highest BCUT2D eigenvalue weighted by Gasteiger charge is 2.21. The molecule has 0 aliphatic rings. The Morgan fingerprint density at radius 1 is 1.35 bits per heavy atom. The van der Waals surface area contributed by atoms with Gasteiger partial charge in [0.25, 0.3) is 0 Å². The highest BCUT2D eigenvalue weighted by atomic mass is 16.4. The van der Waals surface area contributed by atoms with Crippen molar-refractivity contribution < 1.29 is 15.0 Å². The molecule has 0 saturated heterocycles. The van der Waals surface area contributed by atoms with E-state index in [1.807, 2.05) is 0 Å². The second-order valence-corrected chi connectivity index (χ2v) is 3.99. The summed E-state index contributed by atoms with van der Waals surface area (Å²) in [7, 11) is 0. The minimum Gasteiger partial charge on any atom is -0.508 e. The molecule has 0 heterocycles. The van der Waals surface area contributed by atoms with Crippen LogP contribution in [0.25, 0.3) is 0 Å². The largest absolute Gasteiger partial charge is 0.508 e. The van der Waals surface area contributed by atoms with Crippen LogP contribution in [0.3, 0.4) is 0 Å². The maximum Gasteiger partial charge on any atom is 0.325 e. The summed E-state index contributed by atoms with van der Waals surface area (Å²) in [4.78, 5) is 11.1. The summed E-state index contributed by atoms with van der Waals surface area (Å²) in [6.07, 6.45) is 3.10. The highest BCUT2D eigenvalue weighted by molar-refractivity contribution is 5.76. The lowest BCUT2D eigenvalue weighted by Gasteiger charge is -2.15. The van der Waals surface area contributed by atoms with Crippen LogP contribution >= 0.6 is 0 Å². The average molecular weight is 237 g/mol. The Kier molecular flexibility index (Phi) is 5.49. The van der Waals surface area contributed by atoms with Crippen LogP contribution in [-0.2, 0) is 4.79 Å². The van der Waals surface area contributed by atoms with E-state index < -0.39 is 12.0 Å². The average Bonchev–Trinajstić information content (AvgIpc) is 2.30. The molecule has 0 amide bonds. The number of aliphatic carboxylic acids is 1. The Bertz CT molecular complexity index is 365. The molecule has 17 heavy (non-hydrogen) atoms. The normalized spacial score (nSPS) is 12.3. The van der Waals surface area contributed by atoms with E-state index in [1.165, 1.54) is 6.07 Å². The second-order valence-electron chi connectivity index (χ2n) is 3.99. The Morgan fingerprint density at radius 2 is 2.06 bits per heavy atom. The third kappa shape index (κ3) is 4.07. The summed E-state index contributed by atoms with van der Waals surface area (Å²) in [5.41, 5.74) is 0.413. The molecular weight excluding hydrogens is 218 g/mol. The van der Waals surface area contributed by atoms with Gasteiger partial charge in [-0.15, -0.1) is 0 Å². The zero-order chi connectivity index (χ0) is 12.7. The molecule has 4 nitrogen and oxygen atoms in total. The molecule has 0 saturated carbocycles. The first kappa shape index (κ1) is 13.5. The number of carbonyl (C=O) groups is 1. The van der Waals surface area contributed by atoms with E-state index >= 15 is 0 Å². The van der Waals surface area contributed by atoms with Gasteiger partial charge >= 0.3 is 5.97 Å². The van der Waals surface area contributed by atoms with Gasteiger partial charge in [0, 0.05) is 5.56 Å². The van der Waals surface area contributed by atoms with Crippen molar-refractivity contribution in [2.45, 2.75) is 32.2 Å². The Labute approximate surface area is 101 Å². The molecule has 1 atom stereocenters. The Balaban J connectivity index is 2.66. The summed E-state index contributed by atoms with van der Waals surface area (Å²) in [6, 6.07) is 5.68. The molecule has 0 fully saturated rings. The van der Waals surface area contributed by atoms with Gasteiger partial charge in [-0.3, -0.25) is 4.79 Å². The highest BCUT2D eigenvalue weighted by Crippen LogP contribution is 2.23. The molecular formula is C13H19NO3. The van der Waals surface area contributed by atoms with E-state index in [0.29, 0.717) is 12.1 Å². The molecule has 4 heteroatoms. The minimum absolute atomic E-state index is 0.0166. The zero-order valence-corrected chi connectivity index (χ0v) is 10.0. The topological polar surface area (TPSA) is 69.6 Å². The predicted octanol–water partition coefficient (Wildman–Crippen LogP) is 2.30. The van der Waals surface area contributed by atoms with Crippen molar-refractivity contribution in [2.75, 3.05) is 6.54 Å². The maximum atomic E-state index is 11.1. The number of phenols is 1. The molecule has 0 spiro atoms. The van der Waals surface area contributed by atoms with Gasteiger partial charge in [0.2, 0.25) is 0 Å². The van der Waals surface area contributed by atoms with Gasteiger partial charge in [0.15, 0.2) is 0 Å². The summed E-state index contributed by atoms with van der Waals surface area (Å²) in [6.45, 7) is 2.73. The summed E-state index contributed by atoms with van der Waals surface area (Å²) < 4.78 is 0. The molecule has 3 N–H and O–H groups in total. The second kappa shape index (κ2) is 6.91. The van der Waals surface area contributed by atoms with Crippen LogP contribution in [-0.4, -0.2) is 22.7 Å².